The summed E-state index contributed by atoms with van der Waals surface area (Å²) in [6.45, 7) is 4.63. The molecule has 0 saturated heterocycles. The predicted octanol–water partition coefficient (Wildman–Crippen LogP) is 4.66. The first kappa shape index (κ1) is 14.2. The molecule has 0 spiro atoms. The summed E-state index contributed by atoms with van der Waals surface area (Å²) >= 11 is 2.27. The van der Waals surface area contributed by atoms with Crippen LogP contribution in [0.3, 0.4) is 0 Å². The van der Waals surface area contributed by atoms with Gasteiger partial charge in [-0.3, -0.25) is 0 Å². The Morgan fingerprint density at radius 1 is 1.05 bits per heavy atom. The van der Waals surface area contributed by atoms with Crippen molar-refractivity contribution in [2.24, 2.45) is 0 Å². The molecule has 0 radical (unpaired) electrons. The molecule has 0 aliphatic heterocycles. The van der Waals surface area contributed by atoms with Crippen LogP contribution in [0.25, 0.3) is 0 Å². The lowest BCUT2D eigenvalue weighted by atomic mass is 10.2. The van der Waals surface area contributed by atoms with E-state index in [1.807, 2.05) is 50.2 Å². The van der Waals surface area contributed by atoms with Crippen molar-refractivity contribution < 1.29 is 9.47 Å². The van der Waals surface area contributed by atoms with Gasteiger partial charge in [-0.25, -0.2) is 0 Å². The highest BCUT2D eigenvalue weighted by molar-refractivity contribution is 14.1. The third-order valence-electron chi connectivity index (χ3n) is 2.51. The highest BCUT2D eigenvalue weighted by Crippen LogP contribution is 2.27. The summed E-state index contributed by atoms with van der Waals surface area (Å²) < 4.78 is 12.5. The second kappa shape index (κ2) is 6.80. The van der Waals surface area contributed by atoms with Crippen LogP contribution in [0, 0.1) is 3.57 Å². The molecule has 0 unspecified atom stereocenters. The van der Waals surface area contributed by atoms with E-state index in [-0.39, 0.29) is 6.10 Å². The molecule has 0 heterocycles. The van der Waals surface area contributed by atoms with Crippen molar-refractivity contribution in [3.63, 3.8) is 0 Å². The lowest BCUT2D eigenvalue weighted by molar-refractivity contribution is 0.239. The molecule has 3 heteroatoms. The van der Waals surface area contributed by atoms with Gasteiger partial charge in [0, 0.05) is 0 Å². The zero-order valence-corrected chi connectivity index (χ0v) is 13.3. The maximum atomic E-state index is 5.77. The van der Waals surface area contributed by atoms with E-state index in [0.717, 1.165) is 15.1 Å². The van der Waals surface area contributed by atoms with Crippen molar-refractivity contribution in [3.05, 3.63) is 57.7 Å². The molecule has 100 valence electrons. The lowest BCUT2D eigenvalue weighted by Gasteiger charge is -2.13. The summed E-state index contributed by atoms with van der Waals surface area (Å²) in [6, 6.07) is 16.1. The summed E-state index contributed by atoms with van der Waals surface area (Å²) in [4.78, 5) is 0. The van der Waals surface area contributed by atoms with Gasteiger partial charge in [0.2, 0.25) is 0 Å². The quantitative estimate of drug-likeness (QED) is 0.715. The lowest BCUT2D eigenvalue weighted by Crippen LogP contribution is -2.06. The van der Waals surface area contributed by atoms with Gasteiger partial charge < -0.3 is 9.47 Å². The van der Waals surface area contributed by atoms with Crippen molar-refractivity contribution in [2.45, 2.75) is 26.6 Å². The second-order valence-electron chi connectivity index (χ2n) is 4.53. The minimum Gasteiger partial charge on any atom is -0.490 e. The molecule has 0 N–H and O–H groups in total. The summed E-state index contributed by atoms with van der Waals surface area (Å²) in [5.74, 6) is 1.77. The van der Waals surface area contributed by atoms with Gasteiger partial charge in [-0.15, -0.1) is 0 Å². The molecule has 2 rings (SSSR count). The van der Waals surface area contributed by atoms with Crippen LogP contribution >= 0.6 is 22.6 Å². The summed E-state index contributed by atoms with van der Waals surface area (Å²) in [6.07, 6.45) is 0.185. The van der Waals surface area contributed by atoms with E-state index in [1.165, 1.54) is 5.56 Å². The fraction of sp³-hybridized carbons (Fsp3) is 0.250. The predicted molar refractivity (Wildman–Crippen MR) is 85.7 cm³/mol. The van der Waals surface area contributed by atoms with E-state index in [4.69, 9.17) is 9.47 Å². The Morgan fingerprint density at radius 3 is 2.42 bits per heavy atom. The van der Waals surface area contributed by atoms with Crippen LogP contribution in [0.4, 0.5) is 0 Å². The smallest absolute Gasteiger partial charge is 0.133 e. The standard InChI is InChI=1S/C16H17IO2/c1-12(2)19-16-9-8-14(10-15(16)17)18-11-13-6-4-3-5-7-13/h3-10,12H,11H2,1-2H3. The van der Waals surface area contributed by atoms with Gasteiger partial charge in [-0.2, -0.15) is 0 Å². The van der Waals surface area contributed by atoms with Crippen molar-refractivity contribution in [2.75, 3.05) is 0 Å². The van der Waals surface area contributed by atoms with Gasteiger partial charge >= 0.3 is 0 Å². The minimum absolute atomic E-state index is 0.185. The van der Waals surface area contributed by atoms with E-state index in [1.54, 1.807) is 0 Å². The van der Waals surface area contributed by atoms with E-state index in [9.17, 15) is 0 Å². The highest BCUT2D eigenvalue weighted by atomic mass is 127. The number of benzene rings is 2. The van der Waals surface area contributed by atoms with E-state index >= 15 is 0 Å². The Morgan fingerprint density at radius 2 is 1.79 bits per heavy atom. The molecule has 0 aliphatic rings. The minimum atomic E-state index is 0.185. The number of ether oxygens (including phenoxy) is 2. The third kappa shape index (κ3) is 4.42. The topological polar surface area (TPSA) is 18.5 Å². The molecule has 0 aliphatic carbocycles. The van der Waals surface area contributed by atoms with Gasteiger partial charge in [0.1, 0.15) is 18.1 Å². The first-order valence-electron chi connectivity index (χ1n) is 6.28. The van der Waals surface area contributed by atoms with Crippen LogP contribution in [0.5, 0.6) is 11.5 Å². The van der Waals surface area contributed by atoms with Gasteiger partial charge in [-0.1, -0.05) is 30.3 Å². The summed E-state index contributed by atoms with van der Waals surface area (Å²) in [7, 11) is 0. The first-order chi connectivity index (χ1) is 9.15. The molecule has 0 fully saturated rings. The number of hydrogen-bond donors (Lipinski definition) is 0. The number of rotatable bonds is 5. The van der Waals surface area contributed by atoms with Gasteiger partial charge in [0.05, 0.1) is 9.67 Å². The fourth-order valence-corrected chi connectivity index (χ4v) is 2.28. The molecule has 0 bridgehead atoms. The van der Waals surface area contributed by atoms with Crippen LogP contribution < -0.4 is 9.47 Å². The van der Waals surface area contributed by atoms with Crippen LogP contribution in [0.2, 0.25) is 0 Å². The Kier molecular flexibility index (Phi) is 5.07. The molecular formula is C16H17IO2. The molecule has 2 nitrogen and oxygen atoms in total. The van der Waals surface area contributed by atoms with Crippen molar-refractivity contribution in [1.29, 1.82) is 0 Å². The van der Waals surface area contributed by atoms with Crippen LogP contribution in [-0.2, 0) is 6.61 Å². The Balaban J connectivity index is 2.00. The maximum Gasteiger partial charge on any atom is 0.133 e. The zero-order valence-electron chi connectivity index (χ0n) is 11.1. The zero-order chi connectivity index (χ0) is 13.7. The van der Waals surface area contributed by atoms with Crippen molar-refractivity contribution in [3.8, 4) is 11.5 Å². The summed E-state index contributed by atoms with van der Waals surface area (Å²) in [5, 5.41) is 0. The SMILES string of the molecule is CC(C)Oc1ccc(OCc2ccccc2)cc1I. The normalized spacial score (nSPS) is 10.5. The van der Waals surface area contributed by atoms with Crippen LogP contribution in [0.1, 0.15) is 19.4 Å². The van der Waals surface area contributed by atoms with E-state index in [0.29, 0.717) is 6.61 Å². The monoisotopic (exact) mass is 368 g/mol. The Labute approximate surface area is 127 Å². The summed E-state index contributed by atoms with van der Waals surface area (Å²) in [5.41, 5.74) is 1.17. The van der Waals surface area contributed by atoms with Gasteiger partial charge in [0.25, 0.3) is 0 Å². The van der Waals surface area contributed by atoms with Gasteiger partial charge in [-0.05, 0) is 60.2 Å². The van der Waals surface area contributed by atoms with E-state index < -0.39 is 0 Å². The molecule has 2 aromatic rings. The Hall–Kier alpha value is -1.23. The van der Waals surface area contributed by atoms with E-state index in [2.05, 4.69) is 34.7 Å². The largest absolute Gasteiger partial charge is 0.490 e. The molecule has 0 aromatic heterocycles. The second-order valence-corrected chi connectivity index (χ2v) is 5.70. The number of hydrogen-bond acceptors (Lipinski definition) is 2. The average molecular weight is 368 g/mol. The molecule has 0 saturated carbocycles. The molecule has 0 atom stereocenters. The van der Waals surface area contributed by atoms with Gasteiger partial charge in [0.15, 0.2) is 0 Å². The Bertz CT molecular complexity index is 524. The first-order valence-corrected chi connectivity index (χ1v) is 7.36. The molecule has 19 heavy (non-hydrogen) atoms. The van der Waals surface area contributed by atoms with Crippen molar-refractivity contribution >= 4 is 22.6 Å². The maximum absolute atomic E-state index is 5.77. The van der Waals surface area contributed by atoms with Crippen LogP contribution in [-0.4, -0.2) is 6.10 Å². The molecular weight excluding hydrogens is 351 g/mol. The molecule has 2 aromatic carbocycles. The highest BCUT2D eigenvalue weighted by Gasteiger charge is 2.05. The average Bonchev–Trinajstić information content (AvgIpc) is 2.40. The third-order valence-corrected chi connectivity index (χ3v) is 3.36. The number of halogens is 1. The van der Waals surface area contributed by atoms with Crippen LogP contribution in [0.15, 0.2) is 48.5 Å². The molecule has 0 amide bonds. The van der Waals surface area contributed by atoms with Crippen molar-refractivity contribution in [1.82, 2.24) is 0 Å². The fourth-order valence-electron chi connectivity index (χ4n) is 1.66.